The number of guanidine groups is 1. The molecule has 0 fully saturated rings. The third-order valence-corrected chi connectivity index (χ3v) is 3.25. The van der Waals surface area contributed by atoms with E-state index in [4.69, 9.17) is 4.74 Å². The number of rotatable bonds is 9. The van der Waals surface area contributed by atoms with Gasteiger partial charge in [-0.25, -0.2) is 9.38 Å². The Bertz CT molecular complexity index is 527. The zero-order chi connectivity index (χ0) is 17.9. The topological polar surface area (TPSA) is 65.9 Å². The Morgan fingerprint density at radius 1 is 1.28 bits per heavy atom. The normalized spacial score (nSPS) is 12.7. The molecule has 1 aromatic rings. The number of benzene rings is 1. The average molecular weight is 467 g/mol. The zero-order valence-corrected chi connectivity index (χ0v) is 17.8. The summed E-state index contributed by atoms with van der Waals surface area (Å²) in [6.07, 6.45) is -0.597. The number of aryl methyl sites for hydroxylation is 1. The molecule has 0 spiro atoms. The monoisotopic (exact) mass is 467 g/mol. The van der Waals surface area contributed by atoms with Crippen molar-refractivity contribution in [2.24, 2.45) is 10.9 Å². The van der Waals surface area contributed by atoms with E-state index in [2.05, 4.69) is 29.5 Å². The van der Waals surface area contributed by atoms with Gasteiger partial charge in [0.05, 0.1) is 19.3 Å². The first-order valence-electron chi connectivity index (χ1n) is 8.45. The Labute approximate surface area is 167 Å². The number of ether oxygens (including phenoxy) is 1. The molecule has 5 nitrogen and oxygen atoms in total. The van der Waals surface area contributed by atoms with Gasteiger partial charge in [-0.3, -0.25) is 0 Å². The molecule has 0 amide bonds. The maximum atomic E-state index is 13.3. The molecule has 0 aliphatic rings. The molecule has 0 aromatic heterocycles. The van der Waals surface area contributed by atoms with Gasteiger partial charge in [-0.2, -0.15) is 0 Å². The highest BCUT2D eigenvalue weighted by Gasteiger charge is 2.07. The second-order valence-corrected chi connectivity index (χ2v) is 6.24. The lowest BCUT2D eigenvalue weighted by atomic mass is 10.1. The van der Waals surface area contributed by atoms with E-state index in [9.17, 15) is 9.50 Å². The van der Waals surface area contributed by atoms with Crippen LogP contribution in [0.1, 0.15) is 31.9 Å². The third kappa shape index (κ3) is 10.6. The molecule has 0 aliphatic heterocycles. The molecule has 0 saturated carbocycles. The molecule has 0 saturated heterocycles. The van der Waals surface area contributed by atoms with Gasteiger partial charge in [-0.05, 0) is 37.0 Å². The van der Waals surface area contributed by atoms with E-state index in [0.717, 1.165) is 5.56 Å². The summed E-state index contributed by atoms with van der Waals surface area (Å²) in [6, 6.07) is 4.97. The first kappa shape index (κ1) is 24.1. The summed E-state index contributed by atoms with van der Waals surface area (Å²) in [7, 11) is 0. The number of hydrogen-bond donors (Lipinski definition) is 3. The second kappa shape index (κ2) is 13.3. The number of aliphatic hydroxyl groups is 1. The zero-order valence-electron chi connectivity index (χ0n) is 15.5. The lowest BCUT2D eigenvalue weighted by molar-refractivity contribution is 0.0280. The molecule has 1 unspecified atom stereocenters. The lowest BCUT2D eigenvalue weighted by Gasteiger charge is -2.16. The van der Waals surface area contributed by atoms with Crippen LogP contribution in [0.5, 0.6) is 0 Å². The number of hydrogen-bond acceptors (Lipinski definition) is 3. The summed E-state index contributed by atoms with van der Waals surface area (Å²) in [4.78, 5) is 4.46. The van der Waals surface area contributed by atoms with Crippen LogP contribution in [0.25, 0.3) is 0 Å². The van der Waals surface area contributed by atoms with Crippen molar-refractivity contribution in [1.29, 1.82) is 0 Å². The first-order chi connectivity index (χ1) is 11.4. The van der Waals surface area contributed by atoms with Gasteiger partial charge in [0, 0.05) is 19.7 Å². The van der Waals surface area contributed by atoms with Gasteiger partial charge in [-0.15, -0.1) is 24.0 Å². The fourth-order valence-corrected chi connectivity index (χ4v) is 2.03. The maximum Gasteiger partial charge on any atom is 0.191 e. The van der Waals surface area contributed by atoms with Crippen LogP contribution >= 0.6 is 24.0 Å². The van der Waals surface area contributed by atoms with E-state index in [1.807, 2.05) is 6.92 Å². The van der Waals surface area contributed by atoms with Crippen LogP contribution < -0.4 is 10.6 Å². The van der Waals surface area contributed by atoms with Gasteiger partial charge in [0.15, 0.2) is 5.96 Å². The van der Waals surface area contributed by atoms with Crippen molar-refractivity contribution in [2.45, 2.75) is 40.3 Å². The van der Waals surface area contributed by atoms with Crippen LogP contribution in [0.3, 0.4) is 0 Å². The molecule has 144 valence electrons. The summed E-state index contributed by atoms with van der Waals surface area (Å²) in [5, 5.41) is 16.1. The van der Waals surface area contributed by atoms with Crippen LogP contribution in [0, 0.1) is 18.7 Å². The van der Waals surface area contributed by atoms with Crippen LogP contribution in [0.4, 0.5) is 4.39 Å². The number of aliphatic hydroxyl groups excluding tert-OH is 1. The standard InChI is InChI=1S/C18H30FN3O2.HI/c1-5-20-18(22-10-16(23)12-24-11-13(2)3)21-9-15-6-7-17(19)14(4)8-15;/h6-8,13,16,23H,5,9-12H2,1-4H3,(H2,20,21,22);1H. The minimum Gasteiger partial charge on any atom is -0.389 e. The molecule has 0 radical (unpaired) electrons. The fraction of sp³-hybridized carbons (Fsp3) is 0.611. The molecule has 1 aromatic carbocycles. The molecule has 0 bridgehead atoms. The summed E-state index contributed by atoms with van der Waals surface area (Å²) >= 11 is 0. The number of nitrogens with zero attached hydrogens (tertiary/aromatic N) is 1. The number of nitrogens with one attached hydrogen (secondary N) is 2. The highest BCUT2D eigenvalue weighted by molar-refractivity contribution is 14.0. The molecule has 1 rings (SSSR count). The lowest BCUT2D eigenvalue weighted by Crippen LogP contribution is -2.42. The van der Waals surface area contributed by atoms with Crippen LogP contribution in [-0.2, 0) is 11.3 Å². The van der Waals surface area contributed by atoms with Crippen LogP contribution in [0.2, 0.25) is 0 Å². The minimum absolute atomic E-state index is 0. The average Bonchev–Trinajstić information content (AvgIpc) is 2.53. The number of halogens is 2. The van der Waals surface area contributed by atoms with Crippen LogP contribution in [-0.4, -0.2) is 43.5 Å². The van der Waals surface area contributed by atoms with Crippen molar-refractivity contribution in [1.82, 2.24) is 10.6 Å². The van der Waals surface area contributed by atoms with Crippen molar-refractivity contribution in [3.05, 3.63) is 35.1 Å². The van der Waals surface area contributed by atoms with Gasteiger partial charge >= 0.3 is 0 Å². The molecule has 0 aliphatic carbocycles. The minimum atomic E-state index is -0.597. The summed E-state index contributed by atoms with van der Waals surface area (Å²) in [5.41, 5.74) is 1.55. The molecule has 1 atom stereocenters. The Morgan fingerprint density at radius 2 is 2.00 bits per heavy atom. The van der Waals surface area contributed by atoms with Gasteiger partial charge in [-0.1, -0.05) is 26.0 Å². The third-order valence-electron chi connectivity index (χ3n) is 3.25. The quantitative estimate of drug-likeness (QED) is 0.297. The SMILES string of the molecule is CCNC(=NCc1ccc(F)c(C)c1)NCC(O)COCC(C)C.I. The summed E-state index contributed by atoms with van der Waals surface area (Å²) in [6.45, 7) is 10.3. The summed E-state index contributed by atoms with van der Waals surface area (Å²) in [5.74, 6) is 0.850. The summed E-state index contributed by atoms with van der Waals surface area (Å²) < 4.78 is 18.7. The Hall–Kier alpha value is -0.930. The largest absolute Gasteiger partial charge is 0.389 e. The molecule has 7 heteroatoms. The fourth-order valence-electron chi connectivity index (χ4n) is 2.03. The van der Waals surface area contributed by atoms with Crippen molar-refractivity contribution in [3.63, 3.8) is 0 Å². The first-order valence-corrected chi connectivity index (χ1v) is 8.45. The number of aliphatic imine (C=N–C) groups is 1. The smallest absolute Gasteiger partial charge is 0.191 e. The van der Waals surface area contributed by atoms with E-state index in [1.165, 1.54) is 6.07 Å². The highest BCUT2D eigenvalue weighted by atomic mass is 127. The van der Waals surface area contributed by atoms with Crippen molar-refractivity contribution in [2.75, 3.05) is 26.3 Å². The molecular formula is C18H31FIN3O2. The predicted molar refractivity (Wildman–Crippen MR) is 111 cm³/mol. The molecule has 0 heterocycles. The Kier molecular flexibility index (Phi) is 12.8. The van der Waals surface area contributed by atoms with E-state index in [1.54, 1.807) is 19.1 Å². The van der Waals surface area contributed by atoms with E-state index in [-0.39, 0.29) is 29.8 Å². The van der Waals surface area contributed by atoms with Gasteiger partial charge in [0.25, 0.3) is 0 Å². The van der Waals surface area contributed by atoms with Gasteiger partial charge in [0.2, 0.25) is 0 Å². The highest BCUT2D eigenvalue weighted by Crippen LogP contribution is 2.10. The van der Waals surface area contributed by atoms with Crippen LogP contribution in [0.15, 0.2) is 23.2 Å². The molecular weight excluding hydrogens is 436 g/mol. The van der Waals surface area contributed by atoms with Gasteiger partial charge < -0.3 is 20.5 Å². The molecule has 25 heavy (non-hydrogen) atoms. The second-order valence-electron chi connectivity index (χ2n) is 6.24. The predicted octanol–water partition coefficient (Wildman–Crippen LogP) is 2.84. The Morgan fingerprint density at radius 3 is 2.60 bits per heavy atom. The Balaban J connectivity index is 0.00000576. The van der Waals surface area contributed by atoms with Crippen molar-refractivity contribution in [3.8, 4) is 0 Å². The van der Waals surface area contributed by atoms with Gasteiger partial charge in [0.1, 0.15) is 5.82 Å². The van der Waals surface area contributed by atoms with E-state index < -0.39 is 6.10 Å². The van der Waals surface area contributed by atoms with E-state index in [0.29, 0.717) is 50.3 Å². The maximum absolute atomic E-state index is 13.3. The van der Waals surface area contributed by atoms with Crippen molar-refractivity contribution < 1.29 is 14.2 Å². The van der Waals surface area contributed by atoms with E-state index >= 15 is 0 Å². The van der Waals surface area contributed by atoms with Crippen molar-refractivity contribution >= 4 is 29.9 Å². The molecule has 3 N–H and O–H groups in total.